The van der Waals surface area contributed by atoms with Gasteiger partial charge in [0.05, 0.1) is 11.8 Å². The number of allylic oxidation sites excluding steroid dienone is 2. The van der Waals surface area contributed by atoms with Crippen molar-refractivity contribution in [2.75, 3.05) is 0 Å². The van der Waals surface area contributed by atoms with Crippen LogP contribution in [0.25, 0.3) is 11.1 Å². The van der Waals surface area contributed by atoms with Crippen molar-refractivity contribution in [3.8, 4) is 11.1 Å². The standard InChI is InChI=1S/C20H16O/c21-20-18-12-9-10-13(11-12)19(20)17-8-4-2-6-15(17)14-5-1-3-7-16(14)18/h1-10,12-13,18-19H,11H2. The van der Waals surface area contributed by atoms with E-state index in [1.54, 1.807) is 0 Å². The van der Waals surface area contributed by atoms with E-state index >= 15 is 0 Å². The summed E-state index contributed by atoms with van der Waals surface area (Å²) in [4.78, 5) is 13.2. The van der Waals surface area contributed by atoms with Crippen LogP contribution in [0.1, 0.15) is 29.4 Å². The van der Waals surface area contributed by atoms with Crippen LogP contribution in [0, 0.1) is 11.8 Å². The highest BCUT2D eigenvalue weighted by molar-refractivity contribution is 5.99. The highest BCUT2D eigenvalue weighted by Gasteiger charge is 2.48. The Morgan fingerprint density at radius 3 is 1.71 bits per heavy atom. The molecule has 4 unspecified atom stereocenters. The Morgan fingerprint density at radius 2 is 1.19 bits per heavy atom. The summed E-state index contributed by atoms with van der Waals surface area (Å²) >= 11 is 0. The van der Waals surface area contributed by atoms with Crippen molar-refractivity contribution in [2.24, 2.45) is 11.8 Å². The predicted molar refractivity (Wildman–Crippen MR) is 83.1 cm³/mol. The van der Waals surface area contributed by atoms with E-state index < -0.39 is 0 Å². The third-order valence-corrected chi connectivity index (χ3v) is 5.50. The van der Waals surface area contributed by atoms with E-state index in [2.05, 4.69) is 60.7 Å². The normalized spacial score (nSPS) is 31.5. The minimum absolute atomic E-state index is 0.0496. The minimum atomic E-state index is 0.0496. The van der Waals surface area contributed by atoms with Crippen LogP contribution in [-0.2, 0) is 4.79 Å². The average molecular weight is 272 g/mol. The van der Waals surface area contributed by atoms with E-state index in [4.69, 9.17) is 0 Å². The molecular formula is C20H16O. The molecule has 3 aliphatic carbocycles. The second kappa shape index (κ2) is 3.94. The molecular weight excluding hydrogens is 256 g/mol. The predicted octanol–water partition coefficient (Wildman–Crippen LogP) is 4.31. The van der Waals surface area contributed by atoms with Gasteiger partial charge in [0.2, 0.25) is 0 Å². The van der Waals surface area contributed by atoms with E-state index in [1.807, 2.05) is 0 Å². The zero-order valence-electron chi connectivity index (χ0n) is 11.7. The Morgan fingerprint density at radius 1 is 0.714 bits per heavy atom. The second-order valence-electron chi connectivity index (χ2n) is 6.48. The van der Waals surface area contributed by atoms with Crippen molar-refractivity contribution in [2.45, 2.75) is 18.3 Å². The van der Waals surface area contributed by atoms with Crippen molar-refractivity contribution < 1.29 is 4.79 Å². The summed E-state index contributed by atoms with van der Waals surface area (Å²) in [5.74, 6) is 1.32. The maximum atomic E-state index is 13.2. The fourth-order valence-electron chi connectivity index (χ4n) is 4.66. The Kier molecular flexibility index (Phi) is 2.16. The Labute approximate surface area is 124 Å². The van der Waals surface area contributed by atoms with Gasteiger partial charge >= 0.3 is 0 Å². The second-order valence-corrected chi connectivity index (χ2v) is 6.48. The molecule has 1 saturated carbocycles. The van der Waals surface area contributed by atoms with Crippen LogP contribution in [0.5, 0.6) is 0 Å². The molecule has 2 aromatic carbocycles. The molecule has 0 spiro atoms. The number of fused-ring (bicyclic) bond motifs is 11. The van der Waals surface area contributed by atoms with E-state index in [-0.39, 0.29) is 11.8 Å². The molecule has 0 heterocycles. The van der Waals surface area contributed by atoms with Gasteiger partial charge in [0, 0.05) is 0 Å². The summed E-state index contributed by atoms with van der Waals surface area (Å²) in [6.07, 6.45) is 5.71. The van der Waals surface area contributed by atoms with Gasteiger partial charge in [-0.15, -0.1) is 0 Å². The smallest absolute Gasteiger partial charge is 0.148 e. The van der Waals surface area contributed by atoms with Crippen LogP contribution in [0.3, 0.4) is 0 Å². The largest absolute Gasteiger partial charge is 0.298 e. The maximum Gasteiger partial charge on any atom is 0.148 e. The first-order valence-electron chi connectivity index (χ1n) is 7.75. The van der Waals surface area contributed by atoms with Gasteiger partial charge in [0.15, 0.2) is 0 Å². The molecule has 3 aliphatic rings. The first kappa shape index (κ1) is 11.5. The molecule has 0 amide bonds. The van der Waals surface area contributed by atoms with E-state index in [0.29, 0.717) is 17.6 Å². The molecule has 2 aromatic rings. The lowest BCUT2D eigenvalue weighted by molar-refractivity contribution is -0.125. The lowest BCUT2D eigenvalue weighted by Gasteiger charge is -2.33. The monoisotopic (exact) mass is 272 g/mol. The molecule has 0 N–H and O–H groups in total. The summed E-state index contributed by atoms with van der Waals surface area (Å²) in [5, 5.41) is 0. The highest BCUT2D eigenvalue weighted by Crippen LogP contribution is 2.55. The lowest BCUT2D eigenvalue weighted by atomic mass is 9.68. The average Bonchev–Trinajstić information content (AvgIpc) is 2.91. The number of carbonyl (C=O) groups is 1. The van der Waals surface area contributed by atoms with Crippen LogP contribution < -0.4 is 0 Å². The zero-order valence-corrected chi connectivity index (χ0v) is 11.7. The number of rotatable bonds is 0. The molecule has 0 aliphatic heterocycles. The van der Waals surface area contributed by atoms with Gasteiger partial charge < -0.3 is 0 Å². The summed E-state index contributed by atoms with van der Waals surface area (Å²) in [6.45, 7) is 0. The third kappa shape index (κ3) is 1.39. The van der Waals surface area contributed by atoms with E-state index in [0.717, 1.165) is 6.42 Å². The number of ketones is 1. The number of carbonyl (C=O) groups excluding carboxylic acids is 1. The summed E-state index contributed by atoms with van der Waals surface area (Å²) in [6, 6.07) is 17.0. The molecule has 4 bridgehead atoms. The quantitative estimate of drug-likeness (QED) is 0.653. The number of Topliss-reactive ketones (excluding diaryl/α,β-unsaturated/α-hetero) is 1. The molecule has 1 nitrogen and oxygen atoms in total. The fraction of sp³-hybridized carbons (Fsp3) is 0.250. The van der Waals surface area contributed by atoms with Gasteiger partial charge in [-0.1, -0.05) is 60.7 Å². The summed E-state index contributed by atoms with van der Waals surface area (Å²) in [7, 11) is 0. The van der Waals surface area contributed by atoms with E-state index in [1.165, 1.54) is 22.3 Å². The van der Waals surface area contributed by atoms with Gasteiger partial charge in [0.1, 0.15) is 5.78 Å². The number of benzene rings is 2. The minimum Gasteiger partial charge on any atom is -0.298 e. The van der Waals surface area contributed by atoms with Crippen LogP contribution in [0.15, 0.2) is 60.7 Å². The molecule has 102 valence electrons. The highest BCUT2D eigenvalue weighted by atomic mass is 16.1. The van der Waals surface area contributed by atoms with Crippen molar-refractivity contribution >= 4 is 5.78 Å². The van der Waals surface area contributed by atoms with Gasteiger partial charge in [-0.3, -0.25) is 4.79 Å². The summed E-state index contributed by atoms with van der Waals surface area (Å²) < 4.78 is 0. The molecule has 21 heavy (non-hydrogen) atoms. The van der Waals surface area contributed by atoms with Crippen LogP contribution in [0.4, 0.5) is 0 Å². The van der Waals surface area contributed by atoms with Crippen molar-refractivity contribution in [1.82, 2.24) is 0 Å². The molecule has 1 fully saturated rings. The van der Waals surface area contributed by atoms with Gasteiger partial charge in [-0.25, -0.2) is 0 Å². The van der Waals surface area contributed by atoms with Crippen LogP contribution >= 0.6 is 0 Å². The van der Waals surface area contributed by atoms with Gasteiger partial charge in [0.25, 0.3) is 0 Å². The molecule has 0 saturated heterocycles. The molecule has 5 rings (SSSR count). The van der Waals surface area contributed by atoms with Crippen molar-refractivity contribution in [3.63, 3.8) is 0 Å². The van der Waals surface area contributed by atoms with Crippen molar-refractivity contribution in [3.05, 3.63) is 71.8 Å². The van der Waals surface area contributed by atoms with Crippen LogP contribution in [-0.4, -0.2) is 5.78 Å². The Bertz CT molecular complexity index is 722. The number of hydrogen-bond acceptors (Lipinski definition) is 1. The lowest BCUT2D eigenvalue weighted by Crippen LogP contribution is -2.32. The first-order chi connectivity index (χ1) is 10.3. The fourth-order valence-corrected chi connectivity index (χ4v) is 4.66. The molecule has 0 aromatic heterocycles. The SMILES string of the molecule is O=C1C2c3ccccc3-c3ccccc3C1C1C=CC2C1. The zero-order chi connectivity index (χ0) is 14.0. The summed E-state index contributed by atoms with van der Waals surface area (Å²) in [5.41, 5.74) is 4.98. The van der Waals surface area contributed by atoms with Crippen LogP contribution in [0.2, 0.25) is 0 Å². The molecule has 4 atom stereocenters. The maximum absolute atomic E-state index is 13.2. The van der Waals surface area contributed by atoms with Gasteiger partial charge in [-0.2, -0.15) is 0 Å². The van der Waals surface area contributed by atoms with E-state index in [9.17, 15) is 4.79 Å². The topological polar surface area (TPSA) is 17.1 Å². The van der Waals surface area contributed by atoms with Gasteiger partial charge in [-0.05, 0) is 40.5 Å². The molecule has 0 radical (unpaired) electrons. The first-order valence-corrected chi connectivity index (χ1v) is 7.75. The Balaban J connectivity index is 1.91. The molecule has 1 heteroatoms. The van der Waals surface area contributed by atoms with Crippen molar-refractivity contribution in [1.29, 1.82) is 0 Å². The number of hydrogen-bond donors (Lipinski definition) is 0. The third-order valence-electron chi connectivity index (χ3n) is 5.50. The Hall–Kier alpha value is -2.15.